The molecule has 27 heavy (non-hydrogen) atoms. The van der Waals surface area contributed by atoms with Crippen molar-refractivity contribution in [3.63, 3.8) is 0 Å². The zero-order chi connectivity index (χ0) is 19.0. The molecule has 3 heterocycles. The smallest absolute Gasteiger partial charge is 0.183 e. The first-order chi connectivity index (χ1) is 13.0. The van der Waals surface area contributed by atoms with Crippen molar-refractivity contribution in [1.29, 1.82) is 0 Å². The molecule has 0 bridgehead atoms. The molecule has 4 rings (SSSR count). The highest BCUT2D eigenvalue weighted by atomic mass is 35.5. The maximum absolute atomic E-state index is 14.3. The summed E-state index contributed by atoms with van der Waals surface area (Å²) in [6.07, 6.45) is 8.27. The summed E-state index contributed by atoms with van der Waals surface area (Å²) >= 11 is 6.05. The second-order valence-corrected chi connectivity index (χ2v) is 7.59. The quantitative estimate of drug-likeness (QED) is 0.619. The molecule has 3 aromatic heterocycles. The number of fused-ring (bicyclic) bond motifs is 1. The highest BCUT2D eigenvalue weighted by Gasteiger charge is 2.33. The van der Waals surface area contributed by atoms with Gasteiger partial charge >= 0.3 is 0 Å². The molecule has 0 aromatic carbocycles. The molecule has 2 atom stereocenters. The first kappa shape index (κ1) is 18.1. The maximum Gasteiger partial charge on any atom is 0.183 e. The summed E-state index contributed by atoms with van der Waals surface area (Å²) in [5, 5.41) is 15.0. The number of hydrogen-bond acceptors (Lipinski definition) is 5. The largest absolute Gasteiger partial charge is 0.390 e. The monoisotopic (exact) mass is 389 g/mol. The molecule has 6 nitrogen and oxygen atoms in total. The normalized spacial score (nSPS) is 22.9. The van der Waals surface area contributed by atoms with Gasteiger partial charge in [0.2, 0.25) is 0 Å². The van der Waals surface area contributed by atoms with Crippen LogP contribution in [0.2, 0.25) is 5.02 Å². The van der Waals surface area contributed by atoms with E-state index in [0.29, 0.717) is 34.9 Å². The number of aliphatic hydroxyl groups is 1. The zero-order valence-electron chi connectivity index (χ0n) is 15.0. The summed E-state index contributed by atoms with van der Waals surface area (Å²) in [4.78, 5) is 15.8. The Kier molecular flexibility index (Phi) is 4.74. The van der Waals surface area contributed by atoms with Crippen LogP contribution in [0.3, 0.4) is 0 Å². The van der Waals surface area contributed by atoms with Crippen LogP contribution in [0.15, 0.2) is 24.7 Å². The standard InChI is InChI=1S/C19H21ClFN5O/c1-2-19(27)5-3-4-12(7-19)25-18-15(21)10-24-17(26-18)14-9-23-16-13(14)6-11(20)8-22-16/h6,8-10,12,27H,2-5,7H2,1H3,(H,22,23)(H,24,25,26). The highest BCUT2D eigenvalue weighted by Crippen LogP contribution is 2.33. The van der Waals surface area contributed by atoms with Gasteiger partial charge in [-0.25, -0.2) is 19.3 Å². The topological polar surface area (TPSA) is 86.7 Å². The number of halogens is 2. The minimum Gasteiger partial charge on any atom is -0.390 e. The van der Waals surface area contributed by atoms with Crippen molar-refractivity contribution < 1.29 is 9.50 Å². The lowest BCUT2D eigenvalue weighted by Gasteiger charge is -2.36. The molecule has 2 unspecified atom stereocenters. The van der Waals surface area contributed by atoms with E-state index in [-0.39, 0.29) is 11.9 Å². The number of aromatic nitrogens is 4. The summed E-state index contributed by atoms with van der Waals surface area (Å²) < 4.78 is 14.3. The third-order valence-corrected chi connectivity index (χ3v) is 5.51. The lowest BCUT2D eigenvalue weighted by atomic mass is 9.80. The fourth-order valence-electron chi connectivity index (χ4n) is 3.74. The second kappa shape index (κ2) is 7.05. The van der Waals surface area contributed by atoms with Crippen LogP contribution in [0.1, 0.15) is 39.0 Å². The van der Waals surface area contributed by atoms with Gasteiger partial charge in [-0.2, -0.15) is 0 Å². The molecular formula is C19H21ClFN5O. The van der Waals surface area contributed by atoms with Gasteiger partial charge in [-0.15, -0.1) is 0 Å². The van der Waals surface area contributed by atoms with Crippen molar-refractivity contribution in [2.75, 3.05) is 5.32 Å². The van der Waals surface area contributed by atoms with Crippen molar-refractivity contribution in [3.05, 3.63) is 35.5 Å². The number of aromatic amines is 1. The van der Waals surface area contributed by atoms with Gasteiger partial charge in [0.25, 0.3) is 0 Å². The van der Waals surface area contributed by atoms with E-state index in [4.69, 9.17) is 11.6 Å². The molecule has 0 amide bonds. The number of nitrogens with zero attached hydrogens (tertiary/aromatic N) is 3. The summed E-state index contributed by atoms with van der Waals surface area (Å²) in [6, 6.07) is 1.75. The fourth-order valence-corrected chi connectivity index (χ4v) is 3.90. The summed E-state index contributed by atoms with van der Waals surface area (Å²) in [5.41, 5.74) is 0.676. The van der Waals surface area contributed by atoms with Crippen molar-refractivity contribution in [1.82, 2.24) is 19.9 Å². The van der Waals surface area contributed by atoms with Crippen LogP contribution in [-0.2, 0) is 0 Å². The number of rotatable bonds is 4. The van der Waals surface area contributed by atoms with Crippen LogP contribution < -0.4 is 5.32 Å². The Morgan fingerprint density at radius 3 is 3.07 bits per heavy atom. The van der Waals surface area contributed by atoms with E-state index in [9.17, 15) is 9.50 Å². The van der Waals surface area contributed by atoms with Gasteiger partial charge in [-0.05, 0) is 38.2 Å². The third kappa shape index (κ3) is 3.61. The van der Waals surface area contributed by atoms with Gasteiger partial charge in [-0.3, -0.25) is 0 Å². The van der Waals surface area contributed by atoms with Crippen LogP contribution in [-0.4, -0.2) is 36.7 Å². The van der Waals surface area contributed by atoms with E-state index in [1.807, 2.05) is 6.92 Å². The molecule has 1 aliphatic rings. The van der Waals surface area contributed by atoms with Gasteiger partial charge in [-0.1, -0.05) is 18.5 Å². The van der Waals surface area contributed by atoms with E-state index in [1.165, 1.54) is 0 Å². The van der Waals surface area contributed by atoms with E-state index in [0.717, 1.165) is 30.8 Å². The van der Waals surface area contributed by atoms with E-state index in [1.54, 1.807) is 18.5 Å². The molecule has 0 saturated heterocycles. The molecule has 3 N–H and O–H groups in total. The Labute approximate surface area is 161 Å². The Morgan fingerprint density at radius 2 is 2.26 bits per heavy atom. The minimum absolute atomic E-state index is 0.0277. The molecule has 142 valence electrons. The second-order valence-electron chi connectivity index (χ2n) is 7.16. The molecule has 0 spiro atoms. The van der Waals surface area contributed by atoms with Gasteiger partial charge in [0.05, 0.1) is 16.8 Å². The van der Waals surface area contributed by atoms with E-state index < -0.39 is 11.4 Å². The first-order valence-electron chi connectivity index (χ1n) is 9.12. The number of nitrogens with one attached hydrogen (secondary N) is 2. The lowest BCUT2D eigenvalue weighted by molar-refractivity contribution is -0.00330. The molecule has 0 radical (unpaired) electrons. The molecule has 0 aliphatic heterocycles. The Balaban J connectivity index is 1.64. The Bertz CT molecular complexity index is 978. The lowest BCUT2D eigenvalue weighted by Crippen LogP contribution is -2.40. The van der Waals surface area contributed by atoms with Crippen molar-refractivity contribution in [2.45, 2.75) is 50.7 Å². The third-order valence-electron chi connectivity index (χ3n) is 5.30. The maximum atomic E-state index is 14.3. The SMILES string of the molecule is CCC1(O)CCCC(Nc2nc(-c3c[nH]c4ncc(Cl)cc34)ncc2F)C1. The molecule has 8 heteroatoms. The van der Waals surface area contributed by atoms with Crippen LogP contribution in [0.25, 0.3) is 22.4 Å². The van der Waals surface area contributed by atoms with Crippen molar-refractivity contribution >= 4 is 28.5 Å². The number of pyridine rings is 1. The average Bonchev–Trinajstić information content (AvgIpc) is 3.07. The number of H-pyrrole nitrogens is 1. The first-order valence-corrected chi connectivity index (χ1v) is 9.50. The highest BCUT2D eigenvalue weighted by molar-refractivity contribution is 6.31. The average molecular weight is 390 g/mol. The van der Waals surface area contributed by atoms with Crippen LogP contribution in [0, 0.1) is 5.82 Å². The summed E-state index contributed by atoms with van der Waals surface area (Å²) in [5.74, 6) is 0.0193. The van der Waals surface area contributed by atoms with Gasteiger partial charge in [0.15, 0.2) is 17.5 Å². The van der Waals surface area contributed by atoms with Gasteiger partial charge in [0.1, 0.15) is 5.65 Å². The summed E-state index contributed by atoms with van der Waals surface area (Å²) in [7, 11) is 0. The number of hydrogen-bond donors (Lipinski definition) is 3. The van der Waals surface area contributed by atoms with Gasteiger partial charge < -0.3 is 15.4 Å². The van der Waals surface area contributed by atoms with Crippen molar-refractivity contribution in [3.8, 4) is 11.4 Å². The van der Waals surface area contributed by atoms with E-state index in [2.05, 4.69) is 25.3 Å². The van der Waals surface area contributed by atoms with Crippen LogP contribution in [0.4, 0.5) is 10.2 Å². The molecule has 3 aromatic rings. The predicted octanol–water partition coefficient (Wildman–Crippen LogP) is 4.31. The molecule has 1 aliphatic carbocycles. The van der Waals surface area contributed by atoms with Crippen LogP contribution in [0.5, 0.6) is 0 Å². The zero-order valence-corrected chi connectivity index (χ0v) is 15.7. The predicted molar refractivity (Wildman–Crippen MR) is 103 cm³/mol. The van der Waals surface area contributed by atoms with Crippen LogP contribution >= 0.6 is 11.6 Å². The molecular weight excluding hydrogens is 369 g/mol. The van der Waals surface area contributed by atoms with Gasteiger partial charge in [0, 0.05) is 29.4 Å². The minimum atomic E-state index is -0.693. The molecule has 1 fully saturated rings. The Morgan fingerprint density at radius 1 is 1.41 bits per heavy atom. The summed E-state index contributed by atoms with van der Waals surface area (Å²) in [6.45, 7) is 1.97. The number of anilines is 1. The fraction of sp³-hybridized carbons (Fsp3) is 0.421. The van der Waals surface area contributed by atoms with Crippen molar-refractivity contribution in [2.24, 2.45) is 0 Å². The molecule has 1 saturated carbocycles. The Hall–Kier alpha value is -2.25. The van der Waals surface area contributed by atoms with E-state index >= 15 is 0 Å².